The Hall–Kier alpha value is -2.94. The Balaban J connectivity index is 2.09. The zero-order chi connectivity index (χ0) is 18.9. The summed E-state index contributed by atoms with van der Waals surface area (Å²) in [5.74, 6) is -0.628. The molecule has 0 bridgehead atoms. The first kappa shape index (κ1) is 17.9. The second-order valence-corrected chi connectivity index (χ2v) is 5.60. The largest absolute Gasteiger partial charge is 0.497 e. The molecule has 1 aromatic carbocycles. The smallest absolute Gasteiger partial charge is 0.431 e. The quantitative estimate of drug-likeness (QED) is 0.908. The van der Waals surface area contributed by atoms with E-state index < -0.39 is 29.9 Å². The van der Waals surface area contributed by atoms with Crippen LogP contribution in [0.3, 0.4) is 0 Å². The Morgan fingerprint density at radius 1 is 1.27 bits per heavy atom. The molecule has 0 fully saturated rings. The number of hydrogen-bond acceptors (Lipinski definition) is 5. The second-order valence-electron chi connectivity index (χ2n) is 5.60. The summed E-state index contributed by atoms with van der Waals surface area (Å²) in [4.78, 5) is 16.5. The molecule has 1 aliphatic heterocycles. The number of carbonyl (C=O) groups excluding carboxylic acids is 1. The number of aliphatic hydroxyl groups is 1. The Bertz CT molecular complexity index is 855. The van der Waals surface area contributed by atoms with Crippen LogP contribution in [0.15, 0.2) is 53.8 Å². The van der Waals surface area contributed by atoms with Crippen LogP contribution in [0.2, 0.25) is 0 Å². The van der Waals surface area contributed by atoms with Crippen LogP contribution in [0.1, 0.15) is 22.5 Å². The minimum Gasteiger partial charge on any atom is -0.497 e. The van der Waals surface area contributed by atoms with Crippen LogP contribution >= 0.6 is 0 Å². The minimum absolute atomic E-state index is 0.0455. The van der Waals surface area contributed by atoms with Gasteiger partial charge in [0.25, 0.3) is 5.91 Å². The maximum absolute atomic E-state index is 13.2. The summed E-state index contributed by atoms with van der Waals surface area (Å²) in [6.07, 6.45) is -4.36. The van der Waals surface area contributed by atoms with E-state index in [4.69, 9.17) is 4.74 Å². The fraction of sp³-hybridized carbons (Fsp3) is 0.235. The van der Waals surface area contributed by atoms with Crippen molar-refractivity contribution in [2.75, 3.05) is 7.11 Å². The lowest BCUT2D eigenvalue weighted by Gasteiger charge is -2.31. The van der Waals surface area contributed by atoms with Gasteiger partial charge in [0.05, 0.1) is 13.5 Å². The van der Waals surface area contributed by atoms with Gasteiger partial charge in [0.15, 0.2) is 5.72 Å². The van der Waals surface area contributed by atoms with E-state index in [9.17, 15) is 23.1 Å². The molecule has 1 aliphatic rings. The number of ether oxygens (including phenoxy) is 1. The number of amides is 1. The number of methoxy groups -OCH3 is 1. The highest BCUT2D eigenvalue weighted by atomic mass is 19.4. The van der Waals surface area contributed by atoms with Crippen molar-refractivity contribution in [3.8, 4) is 5.75 Å². The van der Waals surface area contributed by atoms with Crippen molar-refractivity contribution >= 4 is 11.6 Å². The molecule has 26 heavy (non-hydrogen) atoms. The van der Waals surface area contributed by atoms with Crippen LogP contribution in [0.25, 0.3) is 0 Å². The molecular weight excluding hydrogens is 351 g/mol. The fourth-order valence-corrected chi connectivity index (χ4v) is 2.61. The Morgan fingerprint density at radius 3 is 2.65 bits per heavy atom. The molecule has 136 valence electrons. The molecule has 0 aliphatic carbocycles. The first-order valence-corrected chi connectivity index (χ1v) is 7.53. The van der Waals surface area contributed by atoms with Gasteiger partial charge in [0.2, 0.25) is 0 Å². The standard InChI is InChI=1S/C17H14F3N3O3/c1-26-12-6-4-5-11(9-12)16(25)10-14(17(18,19)20)22-23(16)15(24)13-7-2-3-8-21-13/h2-9,25H,10H2,1H3/t16-/m1/s1. The molecule has 1 aromatic heterocycles. The molecule has 2 heterocycles. The Labute approximate surface area is 146 Å². The SMILES string of the molecule is COc1cccc([C@]2(O)CC(C(F)(F)F)=NN2C(=O)c2ccccn2)c1. The number of hydrogen-bond donors (Lipinski definition) is 1. The van der Waals surface area contributed by atoms with Gasteiger partial charge in [-0.15, -0.1) is 0 Å². The first-order valence-electron chi connectivity index (χ1n) is 7.53. The molecule has 0 radical (unpaired) electrons. The molecule has 0 unspecified atom stereocenters. The van der Waals surface area contributed by atoms with Crippen LogP contribution in [0.4, 0.5) is 13.2 Å². The van der Waals surface area contributed by atoms with Crippen molar-refractivity contribution < 1.29 is 27.8 Å². The summed E-state index contributed by atoms with van der Waals surface area (Å²) >= 11 is 0. The highest BCUT2D eigenvalue weighted by molar-refractivity contribution is 5.98. The van der Waals surface area contributed by atoms with Crippen LogP contribution in [-0.4, -0.2) is 40.0 Å². The summed E-state index contributed by atoms with van der Waals surface area (Å²) in [6, 6.07) is 10.2. The lowest BCUT2D eigenvalue weighted by atomic mass is 9.96. The van der Waals surface area contributed by atoms with Crippen molar-refractivity contribution in [2.24, 2.45) is 5.10 Å². The minimum atomic E-state index is -4.79. The summed E-state index contributed by atoms with van der Waals surface area (Å²) in [6.45, 7) is 0. The summed E-state index contributed by atoms with van der Waals surface area (Å²) in [7, 11) is 1.38. The predicted molar refractivity (Wildman–Crippen MR) is 85.4 cm³/mol. The van der Waals surface area contributed by atoms with E-state index in [0.717, 1.165) is 0 Å². The van der Waals surface area contributed by atoms with Gasteiger partial charge in [-0.25, -0.2) is 0 Å². The maximum Gasteiger partial charge on any atom is 0.431 e. The lowest BCUT2D eigenvalue weighted by Crippen LogP contribution is -2.44. The van der Waals surface area contributed by atoms with Gasteiger partial charge in [0.1, 0.15) is 17.2 Å². The van der Waals surface area contributed by atoms with Gasteiger partial charge < -0.3 is 9.84 Å². The molecular formula is C17H14F3N3O3. The van der Waals surface area contributed by atoms with Crippen molar-refractivity contribution in [1.29, 1.82) is 0 Å². The van der Waals surface area contributed by atoms with Crippen molar-refractivity contribution in [2.45, 2.75) is 18.3 Å². The number of nitrogens with zero attached hydrogens (tertiary/aromatic N) is 3. The third-order valence-corrected chi connectivity index (χ3v) is 3.92. The second kappa shape index (κ2) is 6.41. The van der Waals surface area contributed by atoms with E-state index in [1.54, 1.807) is 12.1 Å². The number of benzene rings is 1. The van der Waals surface area contributed by atoms with Gasteiger partial charge in [-0.05, 0) is 24.3 Å². The third-order valence-electron chi connectivity index (χ3n) is 3.92. The lowest BCUT2D eigenvalue weighted by molar-refractivity contribution is -0.0818. The average molecular weight is 365 g/mol. The van der Waals surface area contributed by atoms with E-state index in [-0.39, 0.29) is 11.3 Å². The van der Waals surface area contributed by atoms with Crippen LogP contribution in [-0.2, 0) is 5.72 Å². The molecule has 0 spiro atoms. The van der Waals surface area contributed by atoms with Gasteiger partial charge in [-0.1, -0.05) is 18.2 Å². The maximum atomic E-state index is 13.2. The number of aromatic nitrogens is 1. The monoisotopic (exact) mass is 365 g/mol. The average Bonchev–Trinajstić information content (AvgIpc) is 3.01. The zero-order valence-electron chi connectivity index (χ0n) is 13.6. The Kier molecular flexibility index (Phi) is 4.41. The Morgan fingerprint density at radius 2 is 2.04 bits per heavy atom. The highest BCUT2D eigenvalue weighted by Crippen LogP contribution is 2.41. The first-order chi connectivity index (χ1) is 12.3. The fourth-order valence-electron chi connectivity index (χ4n) is 2.61. The molecule has 1 atom stereocenters. The van der Waals surface area contributed by atoms with Gasteiger partial charge >= 0.3 is 6.18 Å². The predicted octanol–water partition coefficient (Wildman–Crippen LogP) is 2.70. The van der Waals surface area contributed by atoms with Crippen molar-refractivity contribution in [3.05, 3.63) is 59.9 Å². The zero-order valence-corrected chi connectivity index (χ0v) is 13.6. The molecule has 9 heteroatoms. The van der Waals surface area contributed by atoms with Crippen LogP contribution < -0.4 is 4.74 Å². The van der Waals surface area contributed by atoms with Crippen molar-refractivity contribution in [1.82, 2.24) is 9.99 Å². The number of hydrazone groups is 1. The van der Waals surface area contributed by atoms with Gasteiger partial charge in [0, 0.05) is 11.8 Å². The number of carbonyl (C=O) groups is 1. The van der Waals surface area contributed by atoms with Gasteiger partial charge in [-0.2, -0.15) is 23.3 Å². The molecule has 6 nitrogen and oxygen atoms in total. The van der Waals surface area contributed by atoms with Gasteiger partial charge in [-0.3, -0.25) is 9.78 Å². The summed E-state index contributed by atoms with van der Waals surface area (Å²) in [5, 5.41) is 14.8. The number of pyridine rings is 1. The summed E-state index contributed by atoms with van der Waals surface area (Å²) in [5.41, 5.74) is -3.66. The molecule has 3 rings (SSSR count). The third kappa shape index (κ3) is 3.13. The van der Waals surface area contributed by atoms with E-state index >= 15 is 0 Å². The van der Waals surface area contributed by atoms with E-state index in [1.165, 1.54) is 43.6 Å². The highest BCUT2D eigenvalue weighted by Gasteiger charge is 2.53. The van der Waals surface area contributed by atoms with E-state index in [2.05, 4.69) is 10.1 Å². The number of rotatable bonds is 3. The molecule has 1 N–H and O–H groups in total. The van der Waals surface area contributed by atoms with E-state index in [1.807, 2.05) is 0 Å². The normalized spacial score (nSPS) is 20.0. The number of alkyl halides is 3. The topological polar surface area (TPSA) is 75.0 Å². The molecule has 0 saturated heterocycles. The van der Waals surface area contributed by atoms with Crippen LogP contribution in [0.5, 0.6) is 5.75 Å². The molecule has 1 amide bonds. The van der Waals surface area contributed by atoms with Crippen molar-refractivity contribution in [3.63, 3.8) is 0 Å². The van der Waals surface area contributed by atoms with Crippen LogP contribution in [0, 0.1) is 0 Å². The molecule has 0 saturated carbocycles. The van der Waals surface area contributed by atoms with E-state index in [0.29, 0.717) is 10.8 Å². The molecule has 2 aromatic rings. The summed E-state index contributed by atoms with van der Waals surface area (Å²) < 4.78 is 44.6. The number of halogens is 3.